The molecule has 1 fully saturated rings. The van der Waals surface area contributed by atoms with Gasteiger partial charge in [-0.1, -0.05) is 24.3 Å². The molecule has 0 bridgehead atoms. The van der Waals surface area contributed by atoms with Crippen LogP contribution in [0.4, 0.5) is 0 Å². The van der Waals surface area contributed by atoms with Crippen molar-refractivity contribution in [2.45, 2.75) is 39.5 Å². The summed E-state index contributed by atoms with van der Waals surface area (Å²) in [5.41, 5.74) is -1.14. The number of fused-ring (bicyclic) bond motifs is 1. The van der Waals surface area contributed by atoms with Gasteiger partial charge in [0.25, 0.3) is 0 Å². The lowest BCUT2D eigenvalue weighted by atomic mass is 9.85. The molecule has 0 radical (unpaired) electrons. The van der Waals surface area contributed by atoms with Crippen molar-refractivity contribution in [1.82, 2.24) is 0 Å². The van der Waals surface area contributed by atoms with Crippen molar-refractivity contribution in [2.24, 2.45) is 17.3 Å². The highest BCUT2D eigenvalue weighted by Gasteiger charge is 2.56. The molecule has 0 unspecified atom stereocenters. The van der Waals surface area contributed by atoms with Gasteiger partial charge >= 0.3 is 11.9 Å². The maximum Gasteiger partial charge on any atom is 0.323 e. The summed E-state index contributed by atoms with van der Waals surface area (Å²) < 4.78 is 10.4. The minimum absolute atomic E-state index is 0.204. The van der Waals surface area contributed by atoms with Crippen LogP contribution in [0.5, 0.6) is 0 Å². The second-order valence-corrected chi connectivity index (χ2v) is 5.69. The van der Waals surface area contributed by atoms with Gasteiger partial charge in [-0.25, -0.2) is 0 Å². The fourth-order valence-electron chi connectivity index (χ4n) is 3.30. The summed E-state index contributed by atoms with van der Waals surface area (Å²) >= 11 is 0. The molecule has 0 spiro atoms. The Labute approximate surface area is 126 Å². The van der Waals surface area contributed by atoms with E-state index in [4.69, 9.17) is 9.47 Å². The van der Waals surface area contributed by atoms with E-state index in [0.717, 1.165) is 12.8 Å². The number of hydrogen-bond acceptors (Lipinski definition) is 4. The zero-order valence-electron chi connectivity index (χ0n) is 12.8. The van der Waals surface area contributed by atoms with E-state index in [2.05, 4.69) is 24.3 Å². The molecule has 4 heteroatoms. The maximum absolute atomic E-state index is 12.4. The molecular formula is C17H24O4. The Morgan fingerprint density at radius 2 is 1.38 bits per heavy atom. The van der Waals surface area contributed by atoms with Crippen molar-refractivity contribution in [2.75, 3.05) is 13.2 Å². The van der Waals surface area contributed by atoms with Gasteiger partial charge in [-0.05, 0) is 51.4 Å². The predicted octanol–water partition coefficient (Wildman–Crippen LogP) is 3.03. The van der Waals surface area contributed by atoms with Gasteiger partial charge in [0.05, 0.1) is 13.2 Å². The third-order valence-electron chi connectivity index (χ3n) is 4.32. The molecule has 2 aliphatic carbocycles. The normalized spacial score (nSPS) is 29.6. The van der Waals surface area contributed by atoms with Gasteiger partial charge in [-0.15, -0.1) is 0 Å². The first-order valence-electron chi connectivity index (χ1n) is 7.81. The number of carbonyl (C=O) groups is 2. The van der Waals surface area contributed by atoms with Gasteiger partial charge in [0.2, 0.25) is 0 Å². The molecule has 0 amide bonds. The van der Waals surface area contributed by atoms with E-state index < -0.39 is 17.4 Å². The topological polar surface area (TPSA) is 52.6 Å². The molecule has 0 aromatic carbocycles. The first-order valence-corrected chi connectivity index (χ1v) is 7.81. The monoisotopic (exact) mass is 292 g/mol. The number of esters is 2. The van der Waals surface area contributed by atoms with Crippen LogP contribution in [-0.2, 0) is 19.1 Å². The Hall–Kier alpha value is -1.58. The van der Waals surface area contributed by atoms with Crippen LogP contribution in [0.1, 0.15) is 39.5 Å². The summed E-state index contributed by atoms with van der Waals surface area (Å²) in [6.45, 7) is 4.07. The Kier molecular flexibility index (Phi) is 5.21. The highest BCUT2D eigenvalue weighted by Crippen LogP contribution is 2.49. The first kappa shape index (κ1) is 15.8. The van der Waals surface area contributed by atoms with Crippen LogP contribution in [0.2, 0.25) is 0 Å². The zero-order chi connectivity index (χ0) is 15.3. The lowest BCUT2D eigenvalue weighted by Gasteiger charge is -2.24. The molecule has 2 atom stereocenters. The lowest BCUT2D eigenvalue weighted by molar-refractivity contribution is -0.171. The Morgan fingerprint density at radius 1 is 0.952 bits per heavy atom. The largest absolute Gasteiger partial charge is 0.465 e. The molecular weight excluding hydrogens is 268 g/mol. The second kappa shape index (κ2) is 6.92. The van der Waals surface area contributed by atoms with E-state index in [-0.39, 0.29) is 25.0 Å². The SMILES string of the molecule is CCOC(=O)C1(C(=O)OCC)C[C@H]2/C=C\CC/C=C\[C@H]2C1. The van der Waals surface area contributed by atoms with Crippen LogP contribution in [0.25, 0.3) is 0 Å². The maximum atomic E-state index is 12.4. The predicted molar refractivity (Wildman–Crippen MR) is 79.4 cm³/mol. The molecule has 0 aromatic heterocycles. The molecule has 0 saturated heterocycles. The summed E-state index contributed by atoms with van der Waals surface area (Å²) in [7, 11) is 0. The third-order valence-corrected chi connectivity index (χ3v) is 4.32. The number of rotatable bonds is 4. The Morgan fingerprint density at radius 3 is 1.76 bits per heavy atom. The van der Waals surface area contributed by atoms with Crippen molar-refractivity contribution in [1.29, 1.82) is 0 Å². The van der Waals surface area contributed by atoms with Gasteiger partial charge in [0.15, 0.2) is 5.41 Å². The van der Waals surface area contributed by atoms with Gasteiger partial charge in [0, 0.05) is 0 Å². The number of hydrogen-bond donors (Lipinski definition) is 0. The van der Waals surface area contributed by atoms with Crippen LogP contribution < -0.4 is 0 Å². The minimum Gasteiger partial charge on any atom is -0.465 e. The molecule has 0 heterocycles. The zero-order valence-corrected chi connectivity index (χ0v) is 12.8. The van der Waals surface area contributed by atoms with E-state index in [1.165, 1.54) is 0 Å². The molecule has 21 heavy (non-hydrogen) atoms. The van der Waals surface area contributed by atoms with Gasteiger partial charge in [0.1, 0.15) is 0 Å². The van der Waals surface area contributed by atoms with Crippen molar-refractivity contribution in [3.8, 4) is 0 Å². The fraction of sp³-hybridized carbons (Fsp3) is 0.647. The molecule has 2 aliphatic rings. The molecule has 2 rings (SSSR count). The van der Waals surface area contributed by atoms with Crippen LogP contribution in [0.15, 0.2) is 24.3 Å². The van der Waals surface area contributed by atoms with Gasteiger partial charge in [-0.2, -0.15) is 0 Å². The van der Waals surface area contributed by atoms with Crippen LogP contribution in [0.3, 0.4) is 0 Å². The molecule has 4 nitrogen and oxygen atoms in total. The van der Waals surface area contributed by atoms with Crippen molar-refractivity contribution in [3.05, 3.63) is 24.3 Å². The summed E-state index contributed by atoms with van der Waals surface area (Å²) in [5.74, 6) is -0.459. The second-order valence-electron chi connectivity index (χ2n) is 5.69. The summed E-state index contributed by atoms with van der Waals surface area (Å²) in [6.07, 6.45) is 11.6. The summed E-state index contributed by atoms with van der Waals surface area (Å²) in [6, 6.07) is 0. The highest BCUT2D eigenvalue weighted by molar-refractivity contribution is 6.00. The lowest BCUT2D eigenvalue weighted by Crippen LogP contribution is -2.40. The average Bonchev–Trinajstić information content (AvgIpc) is 2.79. The Balaban J connectivity index is 2.29. The minimum atomic E-state index is -1.14. The quantitative estimate of drug-likeness (QED) is 0.454. The van der Waals surface area contributed by atoms with Crippen LogP contribution in [0, 0.1) is 17.3 Å². The Bertz CT molecular complexity index is 408. The van der Waals surface area contributed by atoms with E-state index >= 15 is 0 Å². The van der Waals surface area contributed by atoms with E-state index in [1.807, 2.05) is 0 Å². The number of carbonyl (C=O) groups excluding carboxylic acids is 2. The van der Waals surface area contributed by atoms with Crippen molar-refractivity contribution < 1.29 is 19.1 Å². The van der Waals surface area contributed by atoms with E-state index in [0.29, 0.717) is 12.8 Å². The van der Waals surface area contributed by atoms with Crippen molar-refractivity contribution >= 4 is 11.9 Å². The number of allylic oxidation sites excluding steroid dienone is 4. The van der Waals surface area contributed by atoms with Crippen LogP contribution in [-0.4, -0.2) is 25.2 Å². The summed E-state index contributed by atoms with van der Waals surface area (Å²) in [4.78, 5) is 24.9. The van der Waals surface area contributed by atoms with E-state index in [1.54, 1.807) is 13.8 Å². The third kappa shape index (κ3) is 3.20. The van der Waals surface area contributed by atoms with Gasteiger partial charge in [-0.3, -0.25) is 9.59 Å². The molecule has 0 N–H and O–H groups in total. The molecule has 1 saturated carbocycles. The number of ether oxygens (including phenoxy) is 2. The first-order chi connectivity index (χ1) is 10.1. The standard InChI is InChI=1S/C17H24O4/c1-3-20-15(18)17(16(19)21-4-2)11-13-9-7-5-6-8-10-14(13)12-17/h7-10,13-14H,3-6,11-12H2,1-2H3/b9-7-,10-8-/t13-,14+. The van der Waals surface area contributed by atoms with Crippen molar-refractivity contribution in [3.63, 3.8) is 0 Å². The smallest absolute Gasteiger partial charge is 0.323 e. The fourth-order valence-corrected chi connectivity index (χ4v) is 3.30. The van der Waals surface area contributed by atoms with Crippen LogP contribution >= 0.6 is 0 Å². The molecule has 0 aromatic rings. The summed E-state index contributed by atoms with van der Waals surface area (Å²) in [5, 5.41) is 0. The van der Waals surface area contributed by atoms with E-state index in [9.17, 15) is 9.59 Å². The average molecular weight is 292 g/mol. The highest BCUT2D eigenvalue weighted by atomic mass is 16.6. The molecule has 116 valence electrons. The molecule has 0 aliphatic heterocycles. The van der Waals surface area contributed by atoms with Gasteiger partial charge < -0.3 is 9.47 Å².